The summed E-state index contributed by atoms with van der Waals surface area (Å²) in [6, 6.07) is 12.3. The molecule has 0 aliphatic heterocycles. The van der Waals surface area contributed by atoms with Gasteiger partial charge < -0.3 is 10.2 Å². The van der Waals surface area contributed by atoms with Gasteiger partial charge in [-0.05, 0) is 54.2 Å². The van der Waals surface area contributed by atoms with E-state index in [0.29, 0.717) is 17.3 Å². The molecule has 1 N–H and O–H groups in total. The summed E-state index contributed by atoms with van der Waals surface area (Å²) in [5.41, 5.74) is 1.54. The molecule has 2 aromatic carbocycles. The minimum absolute atomic E-state index is 0.270. The Balaban J connectivity index is 1.96. The van der Waals surface area contributed by atoms with Crippen molar-refractivity contribution in [3.8, 4) is 0 Å². The summed E-state index contributed by atoms with van der Waals surface area (Å²) in [6.07, 6.45) is 0. The molecule has 0 radical (unpaired) electrons. The zero-order valence-corrected chi connectivity index (χ0v) is 11.8. The molecule has 0 aromatic heterocycles. The van der Waals surface area contributed by atoms with Gasteiger partial charge in [0, 0.05) is 19.3 Å². The molecule has 0 spiro atoms. The maximum atomic E-state index is 13.1. The van der Waals surface area contributed by atoms with E-state index in [1.165, 1.54) is 24.3 Å². The number of halogens is 2. The van der Waals surface area contributed by atoms with Gasteiger partial charge in [0.25, 0.3) is 0 Å². The fourth-order valence-electron chi connectivity index (χ4n) is 1.73. The Hall–Kier alpha value is -2.01. The van der Waals surface area contributed by atoms with Crippen molar-refractivity contribution in [3.63, 3.8) is 0 Å². The number of rotatable bonds is 3. The van der Waals surface area contributed by atoms with Crippen molar-refractivity contribution >= 4 is 23.0 Å². The first kappa shape index (κ1) is 14.4. The van der Waals surface area contributed by atoms with Gasteiger partial charge in [-0.25, -0.2) is 8.78 Å². The highest BCUT2D eigenvalue weighted by atomic mass is 32.1. The number of nitrogens with one attached hydrogen (secondary N) is 1. The van der Waals surface area contributed by atoms with E-state index >= 15 is 0 Å². The highest BCUT2D eigenvalue weighted by Gasteiger charge is 2.06. The van der Waals surface area contributed by atoms with Crippen LogP contribution in [0.1, 0.15) is 5.56 Å². The molecule has 0 aliphatic rings. The number of nitrogens with zero attached hydrogens (tertiary/aromatic N) is 1. The third-order valence-corrected chi connectivity index (χ3v) is 3.16. The minimum atomic E-state index is -0.297. The van der Waals surface area contributed by atoms with E-state index < -0.39 is 0 Å². The molecule has 2 rings (SSSR count). The van der Waals surface area contributed by atoms with Crippen molar-refractivity contribution in [3.05, 3.63) is 65.7 Å². The second kappa shape index (κ2) is 6.43. The quantitative estimate of drug-likeness (QED) is 0.866. The van der Waals surface area contributed by atoms with Crippen LogP contribution in [0, 0.1) is 11.6 Å². The van der Waals surface area contributed by atoms with Crippen LogP contribution in [0.2, 0.25) is 0 Å². The van der Waals surface area contributed by atoms with Crippen LogP contribution < -0.4 is 5.32 Å². The molecular weight excluding hydrogens is 278 g/mol. The van der Waals surface area contributed by atoms with Crippen LogP contribution in [0.3, 0.4) is 0 Å². The standard InChI is InChI=1S/C15H14F2N2S/c1-19(10-11-3-2-4-13(17)9-11)15(20)18-14-7-5-12(16)6-8-14/h2-9H,10H2,1H3,(H,18,20). The molecule has 2 aromatic rings. The van der Waals surface area contributed by atoms with Crippen molar-refractivity contribution in [1.29, 1.82) is 0 Å². The topological polar surface area (TPSA) is 15.3 Å². The summed E-state index contributed by atoms with van der Waals surface area (Å²) < 4.78 is 25.9. The third kappa shape index (κ3) is 3.99. The van der Waals surface area contributed by atoms with Crippen LogP contribution in [0.5, 0.6) is 0 Å². The summed E-state index contributed by atoms with van der Waals surface area (Å²) in [5, 5.41) is 3.49. The smallest absolute Gasteiger partial charge is 0.173 e. The normalized spacial score (nSPS) is 10.2. The van der Waals surface area contributed by atoms with E-state index in [-0.39, 0.29) is 11.6 Å². The van der Waals surface area contributed by atoms with Crippen molar-refractivity contribution < 1.29 is 8.78 Å². The summed E-state index contributed by atoms with van der Waals surface area (Å²) in [7, 11) is 1.81. The van der Waals surface area contributed by atoms with Gasteiger partial charge in [-0.3, -0.25) is 0 Å². The largest absolute Gasteiger partial charge is 0.348 e. The fourth-order valence-corrected chi connectivity index (χ4v) is 1.92. The highest BCUT2D eigenvalue weighted by molar-refractivity contribution is 7.80. The predicted octanol–water partition coefficient (Wildman–Crippen LogP) is 3.79. The molecule has 0 unspecified atom stereocenters. The van der Waals surface area contributed by atoms with Gasteiger partial charge in [-0.1, -0.05) is 12.1 Å². The summed E-state index contributed by atoms with van der Waals surface area (Å²) in [6.45, 7) is 0.491. The average molecular weight is 292 g/mol. The van der Waals surface area contributed by atoms with Crippen molar-refractivity contribution in [2.45, 2.75) is 6.54 Å². The molecule has 0 aliphatic carbocycles. The number of hydrogen-bond donors (Lipinski definition) is 1. The van der Waals surface area contributed by atoms with Gasteiger partial charge in [-0.2, -0.15) is 0 Å². The van der Waals surface area contributed by atoms with Crippen LogP contribution in [0.15, 0.2) is 48.5 Å². The van der Waals surface area contributed by atoms with Crippen LogP contribution in [-0.2, 0) is 6.54 Å². The molecule has 0 atom stereocenters. The highest BCUT2D eigenvalue weighted by Crippen LogP contribution is 2.11. The Morgan fingerprint density at radius 3 is 2.45 bits per heavy atom. The van der Waals surface area contributed by atoms with Gasteiger partial charge in [0.05, 0.1) is 0 Å². The van der Waals surface area contributed by atoms with Crippen LogP contribution in [0.25, 0.3) is 0 Å². The minimum Gasteiger partial charge on any atom is -0.348 e. The van der Waals surface area contributed by atoms with E-state index in [1.54, 1.807) is 23.1 Å². The van der Waals surface area contributed by atoms with E-state index in [1.807, 2.05) is 13.1 Å². The Morgan fingerprint density at radius 1 is 1.10 bits per heavy atom. The summed E-state index contributed by atoms with van der Waals surface area (Å²) in [5.74, 6) is -0.567. The van der Waals surface area contributed by atoms with Crippen molar-refractivity contribution in [2.75, 3.05) is 12.4 Å². The van der Waals surface area contributed by atoms with Gasteiger partial charge in [0.15, 0.2) is 5.11 Å². The maximum Gasteiger partial charge on any atom is 0.173 e. The lowest BCUT2D eigenvalue weighted by atomic mass is 10.2. The average Bonchev–Trinajstić information content (AvgIpc) is 2.41. The van der Waals surface area contributed by atoms with E-state index in [4.69, 9.17) is 12.2 Å². The molecule has 104 valence electrons. The first-order chi connectivity index (χ1) is 9.54. The van der Waals surface area contributed by atoms with Crippen LogP contribution >= 0.6 is 12.2 Å². The first-order valence-corrected chi connectivity index (χ1v) is 6.47. The van der Waals surface area contributed by atoms with Gasteiger partial charge in [-0.15, -0.1) is 0 Å². The molecule has 0 bridgehead atoms. The maximum absolute atomic E-state index is 13.1. The van der Waals surface area contributed by atoms with Crippen LogP contribution in [-0.4, -0.2) is 17.1 Å². The van der Waals surface area contributed by atoms with Crippen molar-refractivity contribution in [2.24, 2.45) is 0 Å². The Morgan fingerprint density at radius 2 is 1.80 bits per heavy atom. The number of benzene rings is 2. The van der Waals surface area contributed by atoms with Gasteiger partial charge in [0.2, 0.25) is 0 Å². The van der Waals surface area contributed by atoms with Gasteiger partial charge in [0.1, 0.15) is 11.6 Å². The lowest BCUT2D eigenvalue weighted by Crippen LogP contribution is -2.30. The van der Waals surface area contributed by atoms with E-state index in [0.717, 1.165) is 5.56 Å². The zero-order chi connectivity index (χ0) is 14.5. The molecule has 2 nitrogen and oxygen atoms in total. The number of hydrogen-bond acceptors (Lipinski definition) is 1. The van der Waals surface area contributed by atoms with E-state index in [2.05, 4.69) is 5.32 Å². The monoisotopic (exact) mass is 292 g/mol. The van der Waals surface area contributed by atoms with E-state index in [9.17, 15) is 8.78 Å². The molecule has 0 amide bonds. The second-order valence-electron chi connectivity index (χ2n) is 4.42. The molecule has 0 heterocycles. The fraction of sp³-hybridized carbons (Fsp3) is 0.133. The molecule has 20 heavy (non-hydrogen) atoms. The van der Waals surface area contributed by atoms with Crippen molar-refractivity contribution in [1.82, 2.24) is 4.90 Å². The Kier molecular flexibility index (Phi) is 4.63. The first-order valence-electron chi connectivity index (χ1n) is 6.07. The third-order valence-electron chi connectivity index (χ3n) is 2.75. The Labute approximate surface area is 122 Å². The molecular formula is C15H14F2N2S. The molecule has 0 fully saturated rings. The number of anilines is 1. The van der Waals surface area contributed by atoms with Crippen LogP contribution in [0.4, 0.5) is 14.5 Å². The summed E-state index contributed by atoms with van der Waals surface area (Å²) in [4.78, 5) is 1.79. The molecule has 5 heteroatoms. The second-order valence-corrected chi connectivity index (χ2v) is 4.81. The zero-order valence-electron chi connectivity index (χ0n) is 10.9. The molecule has 0 saturated carbocycles. The lowest BCUT2D eigenvalue weighted by Gasteiger charge is -2.21. The lowest BCUT2D eigenvalue weighted by molar-refractivity contribution is 0.505. The predicted molar refractivity (Wildman–Crippen MR) is 80.5 cm³/mol. The van der Waals surface area contributed by atoms with Gasteiger partial charge >= 0.3 is 0 Å². The Bertz CT molecular complexity index is 599. The summed E-state index contributed by atoms with van der Waals surface area (Å²) >= 11 is 5.25. The number of thiocarbonyl (C=S) groups is 1. The molecule has 0 saturated heterocycles. The SMILES string of the molecule is CN(Cc1cccc(F)c1)C(=S)Nc1ccc(F)cc1.